The van der Waals surface area contributed by atoms with Crippen molar-refractivity contribution in [2.75, 3.05) is 12.4 Å². The van der Waals surface area contributed by atoms with Crippen LogP contribution in [0.25, 0.3) is 11.2 Å². The van der Waals surface area contributed by atoms with Gasteiger partial charge in [0.2, 0.25) is 0 Å². The number of imidazole rings is 1. The molecule has 0 radical (unpaired) electrons. The van der Waals surface area contributed by atoms with Crippen molar-refractivity contribution in [1.29, 1.82) is 5.41 Å². The van der Waals surface area contributed by atoms with Gasteiger partial charge in [0.15, 0.2) is 22.9 Å². The highest BCUT2D eigenvalue weighted by Gasteiger charge is 2.35. The third kappa shape index (κ3) is 1.79. The zero-order valence-corrected chi connectivity index (χ0v) is 9.97. The Bertz CT molecular complexity index is 665. The summed E-state index contributed by atoms with van der Waals surface area (Å²) in [6, 6.07) is 0. The van der Waals surface area contributed by atoms with Crippen molar-refractivity contribution >= 4 is 11.2 Å². The van der Waals surface area contributed by atoms with Crippen LogP contribution in [0.4, 0.5) is 0 Å². The second-order valence-corrected chi connectivity index (χ2v) is 4.46. The summed E-state index contributed by atoms with van der Waals surface area (Å²) in [6.45, 7) is -0.159. The Labute approximate surface area is 107 Å². The molecule has 0 bridgehead atoms. The van der Waals surface area contributed by atoms with Crippen LogP contribution in [0.2, 0.25) is 0 Å². The van der Waals surface area contributed by atoms with Crippen molar-refractivity contribution in [2.24, 2.45) is 0 Å². The van der Waals surface area contributed by atoms with E-state index in [2.05, 4.69) is 9.97 Å². The predicted octanol–water partition coefficient (Wildman–Crippen LogP) is -1.93. The Hall–Kier alpha value is -1.97. The molecule has 0 amide bonds. The third-order valence-corrected chi connectivity index (χ3v) is 3.19. The van der Waals surface area contributed by atoms with E-state index >= 15 is 0 Å². The van der Waals surface area contributed by atoms with Crippen molar-refractivity contribution in [3.63, 3.8) is 0 Å². The molecule has 1 saturated heterocycles. The van der Waals surface area contributed by atoms with Crippen LogP contribution in [0.3, 0.4) is 0 Å². The van der Waals surface area contributed by atoms with Crippen molar-refractivity contribution in [3.05, 3.63) is 18.1 Å². The lowest BCUT2D eigenvalue weighted by molar-refractivity contribution is -0.0488. The van der Waals surface area contributed by atoms with E-state index in [4.69, 9.17) is 21.1 Å². The molecule has 1 aliphatic heterocycles. The summed E-state index contributed by atoms with van der Waals surface area (Å²) in [5, 5.41) is 26.7. The minimum atomic E-state index is -0.767. The number of fused-ring (bicyclic) bond motifs is 1. The van der Waals surface area contributed by atoms with Crippen LogP contribution in [-0.2, 0) is 4.74 Å². The average molecular weight is 266 g/mol. The van der Waals surface area contributed by atoms with Gasteiger partial charge in [-0.3, -0.25) is 9.98 Å². The number of hydrogen-bond acceptors (Lipinski definition) is 7. The summed E-state index contributed by atoms with van der Waals surface area (Å²) in [5.74, 6) is 5.77. The number of ether oxygens (including phenoxy) is 1. The van der Waals surface area contributed by atoms with E-state index < -0.39 is 18.4 Å². The van der Waals surface area contributed by atoms with Gasteiger partial charge in [0.1, 0.15) is 12.4 Å². The maximum atomic E-state index is 9.98. The van der Waals surface area contributed by atoms with Gasteiger partial charge in [-0.15, -0.1) is 0 Å². The number of hydrogen-bond donors (Lipinski definition) is 4. The molecule has 19 heavy (non-hydrogen) atoms. The van der Waals surface area contributed by atoms with E-state index in [-0.39, 0.29) is 12.1 Å². The highest BCUT2D eigenvalue weighted by molar-refractivity contribution is 5.69. The van der Waals surface area contributed by atoms with E-state index in [1.165, 1.54) is 17.3 Å². The molecule has 3 heterocycles. The quantitative estimate of drug-likeness (QED) is 0.467. The van der Waals surface area contributed by atoms with E-state index in [0.29, 0.717) is 17.6 Å². The summed E-state index contributed by atoms with van der Waals surface area (Å²) in [7, 11) is 0. The van der Waals surface area contributed by atoms with Crippen molar-refractivity contribution in [2.45, 2.75) is 24.9 Å². The van der Waals surface area contributed by atoms with E-state index in [1.807, 2.05) is 0 Å². The van der Waals surface area contributed by atoms with Gasteiger partial charge >= 0.3 is 0 Å². The highest BCUT2D eigenvalue weighted by Crippen LogP contribution is 2.30. The Morgan fingerprint density at radius 1 is 1.47 bits per heavy atom. The van der Waals surface area contributed by atoms with E-state index in [0.717, 1.165) is 0 Å². The minimum absolute atomic E-state index is 0.00152. The zero-order valence-electron chi connectivity index (χ0n) is 9.97. The van der Waals surface area contributed by atoms with Crippen LogP contribution in [0.5, 0.6) is 0 Å². The molecule has 0 unspecified atom stereocenters. The second kappa shape index (κ2) is 4.30. The van der Waals surface area contributed by atoms with Crippen LogP contribution >= 0.6 is 0 Å². The second-order valence-electron chi connectivity index (χ2n) is 4.46. The van der Waals surface area contributed by atoms with Crippen molar-refractivity contribution < 1.29 is 14.9 Å². The topological polar surface area (TPSA) is 135 Å². The van der Waals surface area contributed by atoms with Crippen molar-refractivity contribution in [3.8, 4) is 0 Å². The number of nitrogens with one attached hydrogen (secondary N) is 1. The molecule has 1 fully saturated rings. The number of rotatable bonds is 2. The van der Waals surface area contributed by atoms with Gasteiger partial charge in [0.25, 0.3) is 0 Å². The summed E-state index contributed by atoms with van der Waals surface area (Å²) < 4.78 is 8.32. The van der Waals surface area contributed by atoms with Gasteiger partial charge in [-0.25, -0.2) is 14.6 Å². The molecule has 3 atom stereocenters. The Balaban J connectivity index is 2.11. The number of nitrogens with two attached hydrogens (primary N) is 1. The first-order valence-electron chi connectivity index (χ1n) is 5.80. The fourth-order valence-corrected chi connectivity index (χ4v) is 2.30. The molecule has 0 aromatic carbocycles. The zero-order chi connectivity index (χ0) is 13.6. The number of nitrogens with zero attached hydrogens (tertiary/aromatic N) is 4. The summed E-state index contributed by atoms with van der Waals surface area (Å²) in [5.41, 5.74) is 0.762. The number of aliphatic hydroxyl groups excluding tert-OH is 2. The number of aromatic nitrogens is 4. The molecular formula is C10H14N6O3. The van der Waals surface area contributed by atoms with Gasteiger partial charge in [0.05, 0.1) is 19.0 Å². The summed E-state index contributed by atoms with van der Waals surface area (Å²) in [4.78, 5) is 7.85. The molecule has 1 aliphatic rings. The third-order valence-electron chi connectivity index (χ3n) is 3.19. The first-order chi connectivity index (χ1) is 9.11. The average Bonchev–Trinajstić information content (AvgIpc) is 2.97. The maximum absolute atomic E-state index is 9.98. The van der Waals surface area contributed by atoms with Crippen LogP contribution in [0.1, 0.15) is 12.6 Å². The molecule has 3 rings (SSSR count). The Morgan fingerprint density at radius 2 is 2.26 bits per heavy atom. The Kier molecular flexibility index (Phi) is 2.73. The van der Waals surface area contributed by atoms with Crippen LogP contribution in [-0.4, -0.2) is 48.2 Å². The molecule has 0 saturated carbocycles. The maximum Gasteiger partial charge on any atom is 0.176 e. The van der Waals surface area contributed by atoms with Crippen molar-refractivity contribution in [1.82, 2.24) is 19.2 Å². The molecule has 0 spiro atoms. The number of nitrogen functional groups attached to an aromatic ring is 1. The van der Waals surface area contributed by atoms with E-state index in [1.54, 1.807) is 4.57 Å². The predicted molar refractivity (Wildman–Crippen MR) is 63.1 cm³/mol. The molecule has 0 aliphatic carbocycles. The lowest BCUT2D eigenvalue weighted by Crippen LogP contribution is -2.24. The summed E-state index contributed by atoms with van der Waals surface area (Å²) >= 11 is 0. The van der Waals surface area contributed by atoms with Gasteiger partial charge in [-0.2, -0.15) is 0 Å². The van der Waals surface area contributed by atoms with Gasteiger partial charge in [-0.05, 0) is 0 Å². The monoisotopic (exact) mass is 266 g/mol. The van der Waals surface area contributed by atoms with E-state index in [9.17, 15) is 5.11 Å². The fourth-order valence-electron chi connectivity index (χ4n) is 2.30. The van der Waals surface area contributed by atoms with Crippen LogP contribution in [0, 0.1) is 5.41 Å². The Morgan fingerprint density at radius 3 is 2.95 bits per heavy atom. The van der Waals surface area contributed by atoms with Gasteiger partial charge < -0.3 is 20.8 Å². The fraction of sp³-hybridized carbons (Fsp3) is 0.500. The van der Waals surface area contributed by atoms with Crippen LogP contribution < -0.4 is 11.3 Å². The standard InChI is InChI=1S/C10H14N6O3/c11-8-7-9(16(12)4-14-8)15(3-13-7)10-6(18)1-5(2-17)19-10/h3-6,10-11,17-18H,1-2,12H2/t5-,6+,10+/m0/s1. The van der Waals surface area contributed by atoms with Crippen LogP contribution in [0.15, 0.2) is 12.7 Å². The highest BCUT2D eigenvalue weighted by atomic mass is 16.5. The smallest absolute Gasteiger partial charge is 0.176 e. The molecular weight excluding hydrogens is 252 g/mol. The first kappa shape index (κ1) is 12.1. The molecule has 2 aromatic rings. The number of aliphatic hydroxyl groups is 2. The largest absolute Gasteiger partial charge is 0.394 e. The van der Waals surface area contributed by atoms with Gasteiger partial charge in [0, 0.05) is 6.42 Å². The lowest BCUT2D eigenvalue weighted by Gasteiger charge is -2.17. The molecule has 5 N–H and O–H groups in total. The first-order valence-corrected chi connectivity index (χ1v) is 5.80. The molecule has 102 valence electrons. The summed E-state index contributed by atoms with van der Waals surface area (Å²) in [6.07, 6.45) is 1.22. The van der Waals surface area contributed by atoms with Gasteiger partial charge in [-0.1, -0.05) is 0 Å². The molecule has 9 nitrogen and oxygen atoms in total. The molecule has 2 aromatic heterocycles. The molecule has 9 heteroatoms. The normalized spacial score (nSPS) is 27.2. The SMILES string of the molecule is N=c1ncn(N)c2c1ncn2[C@@H]1O[C@H](CO)C[C@H]1O. The minimum Gasteiger partial charge on any atom is -0.394 e. The lowest BCUT2D eigenvalue weighted by atomic mass is 10.2.